The normalized spacial score (nSPS) is 16.9. The number of piperazine rings is 1. The molecular formula is C23H31N3O. The Morgan fingerprint density at radius 1 is 1.00 bits per heavy atom. The molecule has 1 fully saturated rings. The van der Waals surface area contributed by atoms with E-state index in [4.69, 9.17) is 0 Å². The quantitative estimate of drug-likeness (QED) is 0.744. The second-order valence-corrected chi connectivity index (χ2v) is 7.71. The van der Waals surface area contributed by atoms with Crippen molar-refractivity contribution in [2.24, 2.45) is 5.92 Å². The minimum Gasteiger partial charge on any atom is -0.342 e. The Morgan fingerprint density at radius 2 is 1.67 bits per heavy atom. The SMILES string of the molecule is CC(C)CC(C(=O)N1CCN(CC=Cc2ccccc2)CC1)n1cccc1. The first-order valence-corrected chi connectivity index (χ1v) is 9.98. The highest BCUT2D eigenvalue weighted by molar-refractivity contribution is 5.80. The summed E-state index contributed by atoms with van der Waals surface area (Å²) in [7, 11) is 0. The molecule has 1 aromatic heterocycles. The molecule has 1 saturated heterocycles. The molecule has 1 atom stereocenters. The minimum absolute atomic E-state index is 0.0791. The molecule has 2 aromatic rings. The van der Waals surface area contributed by atoms with Gasteiger partial charge >= 0.3 is 0 Å². The van der Waals surface area contributed by atoms with Gasteiger partial charge in [-0.25, -0.2) is 0 Å². The van der Waals surface area contributed by atoms with Crippen molar-refractivity contribution < 1.29 is 4.79 Å². The Kier molecular flexibility index (Phi) is 6.88. The molecule has 0 radical (unpaired) electrons. The molecule has 4 heteroatoms. The molecule has 0 spiro atoms. The molecule has 0 aliphatic carbocycles. The standard InChI is InChI=1S/C23H31N3O/c1-20(2)19-22(25-13-6-7-14-25)23(27)26-17-15-24(16-18-26)12-8-11-21-9-4-3-5-10-21/h3-11,13-14,20,22H,12,15-19H2,1-2H3. The highest BCUT2D eigenvalue weighted by atomic mass is 16.2. The fourth-order valence-corrected chi connectivity index (χ4v) is 3.62. The van der Waals surface area contributed by atoms with Crippen LogP contribution in [0.25, 0.3) is 6.08 Å². The number of carbonyl (C=O) groups is 1. The second kappa shape index (κ2) is 9.56. The Morgan fingerprint density at radius 3 is 2.30 bits per heavy atom. The van der Waals surface area contributed by atoms with Crippen LogP contribution in [0.3, 0.4) is 0 Å². The van der Waals surface area contributed by atoms with Crippen LogP contribution in [0.2, 0.25) is 0 Å². The van der Waals surface area contributed by atoms with Crippen LogP contribution in [-0.2, 0) is 4.79 Å². The smallest absolute Gasteiger partial charge is 0.245 e. The summed E-state index contributed by atoms with van der Waals surface area (Å²) in [5, 5.41) is 0. The van der Waals surface area contributed by atoms with Crippen LogP contribution in [0, 0.1) is 5.92 Å². The number of benzene rings is 1. The zero-order chi connectivity index (χ0) is 19.1. The third kappa shape index (κ3) is 5.57. The van der Waals surface area contributed by atoms with E-state index in [1.165, 1.54) is 5.56 Å². The van der Waals surface area contributed by atoms with Gasteiger partial charge in [0.05, 0.1) is 0 Å². The zero-order valence-electron chi connectivity index (χ0n) is 16.5. The van der Waals surface area contributed by atoms with Gasteiger partial charge in [0.25, 0.3) is 0 Å². The average molecular weight is 366 g/mol. The Bertz CT molecular complexity index is 713. The predicted molar refractivity (Wildman–Crippen MR) is 111 cm³/mol. The summed E-state index contributed by atoms with van der Waals surface area (Å²) < 4.78 is 2.07. The van der Waals surface area contributed by atoms with Crippen LogP contribution in [0.1, 0.15) is 31.9 Å². The molecule has 1 aliphatic rings. The van der Waals surface area contributed by atoms with Crippen molar-refractivity contribution in [1.82, 2.24) is 14.4 Å². The first-order chi connectivity index (χ1) is 13.1. The average Bonchev–Trinajstić information content (AvgIpc) is 3.21. The molecule has 1 aromatic carbocycles. The van der Waals surface area contributed by atoms with E-state index in [-0.39, 0.29) is 11.9 Å². The number of nitrogens with zero attached hydrogens (tertiary/aromatic N) is 3. The van der Waals surface area contributed by atoms with E-state index < -0.39 is 0 Å². The van der Waals surface area contributed by atoms with Crippen molar-refractivity contribution in [3.05, 3.63) is 66.5 Å². The van der Waals surface area contributed by atoms with Crippen molar-refractivity contribution in [2.45, 2.75) is 26.3 Å². The maximum atomic E-state index is 13.1. The first kappa shape index (κ1) is 19.4. The van der Waals surface area contributed by atoms with E-state index in [9.17, 15) is 4.79 Å². The summed E-state index contributed by atoms with van der Waals surface area (Å²) in [6, 6.07) is 14.3. The van der Waals surface area contributed by atoms with Gasteiger partial charge in [0.15, 0.2) is 0 Å². The molecular weight excluding hydrogens is 334 g/mol. The topological polar surface area (TPSA) is 28.5 Å². The molecule has 1 unspecified atom stereocenters. The summed E-state index contributed by atoms with van der Waals surface area (Å²) >= 11 is 0. The highest BCUT2D eigenvalue weighted by Crippen LogP contribution is 2.21. The number of aromatic nitrogens is 1. The summed E-state index contributed by atoms with van der Waals surface area (Å²) in [5.74, 6) is 0.755. The van der Waals surface area contributed by atoms with Gasteiger partial charge in [-0.2, -0.15) is 0 Å². The van der Waals surface area contributed by atoms with Crippen LogP contribution in [0.4, 0.5) is 0 Å². The van der Waals surface area contributed by atoms with Crippen molar-refractivity contribution in [3.8, 4) is 0 Å². The molecule has 0 saturated carbocycles. The monoisotopic (exact) mass is 365 g/mol. The van der Waals surface area contributed by atoms with Crippen LogP contribution >= 0.6 is 0 Å². The lowest BCUT2D eigenvalue weighted by molar-refractivity contribution is -0.137. The van der Waals surface area contributed by atoms with Crippen LogP contribution in [0.15, 0.2) is 60.9 Å². The second-order valence-electron chi connectivity index (χ2n) is 7.71. The molecule has 144 valence electrons. The van der Waals surface area contributed by atoms with Crippen molar-refractivity contribution in [3.63, 3.8) is 0 Å². The van der Waals surface area contributed by atoms with Gasteiger partial charge < -0.3 is 9.47 Å². The van der Waals surface area contributed by atoms with Gasteiger partial charge in [-0.05, 0) is 30.0 Å². The van der Waals surface area contributed by atoms with E-state index in [0.717, 1.165) is 39.1 Å². The molecule has 0 N–H and O–H groups in total. The lowest BCUT2D eigenvalue weighted by Crippen LogP contribution is -2.50. The first-order valence-electron chi connectivity index (χ1n) is 9.98. The molecule has 2 heterocycles. The third-order valence-electron chi connectivity index (χ3n) is 5.12. The summed E-state index contributed by atoms with van der Waals surface area (Å²) in [5.41, 5.74) is 1.23. The summed E-state index contributed by atoms with van der Waals surface area (Å²) in [6.07, 6.45) is 9.29. The summed E-state index contributed by atoms with van der Waals surface area (Å²) in [6.45, 7) is 8.79. The van der Waals surface area contributed by atoms with Gasteiger partial charge in [-0.1, -0.05) is 56.3 Å². The Hall–Kier alpha value is -2.33. The van der Waals surface area contributed by atoms with Crippen molar-refractivity contribution >= 4 is 12.0 Å². The molecule has 27 heavy (non-hydrogen) atoms. The van der Waals surface area contributed by atoms with Gasteiger partial charge in [-0.15, -0.1) is 0 Å². The number of carbonyl (C=O) groups excluding carboxylic acids is 1. The Labute approximate surface area is 163 Å². The number of hydrogen-bond acceptors (Lipinski definition) is 2. The van der Waals surface area contributed by atoms with Crippen molar-refractivity contribution in [2.75, 3.05) is 32.7 Å². The molecule has 1 aliphatic heterocycles. The van der Waals surface area contributed by atoms with Crippen molar-refractivity contribution in [1.29, 1.82) is 0 Å². The number of hydrogen-bond donors (Lipinski definition) is 0. The van der Waals surface area contributed by atoms with Gasteiger partial charge in [0.2, 0.25) is 5.91 Å². The lowest BCUT2D eigenvalue weighted by atomic mass is 10.0. The predicted octanol–water partition coefficient (Wildman–Crippen LogP) is 3.93. The minimum atomic E-state index is -0.0791. The lowest BCUT2D eigenvalue weighted by Gasteiger charge is -2.36. The Balaban J connectivity index is 1.51. The highest BCUT2D eigenvalue weighted by Gasteiger charge is 2.28. The molecule has 0 bridgehead atoms. The fraction of sp³-hybridized carbons (Fsp3) is 0.435. The number of amides is 1. The van der Waals surface area contributed by atoms with Crippen LogP contribution in [-0.4, -0.2) is 53.0 Å². The van der Waals surface area contributed by atoms with Crippen LogP contribution < -0.4 is 0 Å². The van der Waals surface area contributed by atoms with E-state index in [2.05, 4.69) is 59.7 Å². The van der Waals surface area contributed by atoms with E-state index >= 15 is 0 Å². The van der Waals surface area contributed by atoms with E-state index in [1.54, 1.807) is 0 Å². The van der Waals surface area contributed by atoms with Crippen LogP contribution in [0.5, 0.6) is 0 Å². The third-order valence-corrected chi connectivity index (χ3v) is 5.12. The maximum Gasteiger partial charge on any atom is 0.245 e. The fourth-order valence-electron chi connectivity index (χ4n) is 3.62. The maximum absolute atomic E-state index is 13.1. The zero-order valence-corrected chi connectivity index (χ0v) is 16.5. The van der Waals surface area contributed by atoms with Gasteiger partial charge in [0, 0.05) is 45.1 Å². The summed E-state index contributed by atoms with van der Waals surface area (Å²) in [4.78, 5) is 17.6. The molecule has 4 nitrogen and oxygen atoms in total. The van der Waals surface area contributed by atoms with Gasteiger partial charge in [0.1, 0.15) is 6.04 Å². The molecule has 1 amide bonds. The van der Waals surface area contributed by atoms with E-state index in [1.807, 2.05) is 35.5 Å². The number of rotatable bonds is 7. The van der Waals surface area contributed by atoms with E-state index in [0.29, 0.717) is 5.92 Å². The largest absolute Gasteiger partial charge is 0.342 e. The molecule has 3 rings (SSSR count). The van der Waals surface area contributed by atoms with Gasteiger partial charge in [-0.3, -0.25) is 9.69 Å².